The third-order valence-corrected chi connectivity index (χ3v) is 3.04. The summed E-state index contributed by atoms with van der Waals surface area (Å²) in [7, 11) is 0. The van der Waals surface area contributed by atoms with E-state index in [1.54, 1.807) is 6.08 Å². The monoisotopic (exact) mass is 304 g/mol. The van der Waals surface area contributed by atoms with Crippen LogP contribution in [0.25, 0.3) is 6.08 Å². The van der Waals surface area contributed by atoms with E-state index in [4.69, 9.17) is 0 Å². The zero-order valence-electron chi connectivity index (χ0n) is 10.2. The molecule has 0 unspecified atom stereocenters. The SMILES string of the molecule is Cc1cc(C)n(C(=O)/C=C/c2ccc(Br)cc2)n1. The molecule has 0 bridgehead atoms. The summed E-state index contributed by atoms with van der Waals surface area (Å²) in [5.41, 5.74) is 2.67. The molecule has 18 heavy (non-hydrogen) atoms. The average molecular weight is 305 g/mol. The van der Waals surface area contributed by atoms with Gasteiger partial charge in [-0.1, -0.05) is 28.1 Å². The van der Waals surface area contributed by atoms with Crippen molar-refractivity contribution in [1.82, 2.24) is 9.78 Å². The van der Waals surface area contributed by atoms with Crippen molar-refractivity contribution >= 4 is 27.9 Å². The van der Waals surface area contributed by atoms with Crippen molar-refractivity contribution in [1.29, 1.82) is 0 Å². The zero-order chi connectivity index (χ0) is 13.1. The van der Waals surface area contributed by atoms with Gasteiger partial charge in [-0.2, -0.15) is 5.10 Å². The highest BCUT2D eigenvalue weighted by molar-refractivity contribution is 9.10. The molecule has 0 saturated carbocycles. The van der Waals surface area contributed by atoms with Crippen molar-refractivity contribution in [2.45, 2.75) is 13.8 Å². The molecule has 92 valence electrons. The Morgan fingerprint density at radius 2 is 1.94 bits per heavy atom. The van der Waals surface area contributed by atoms with Gasteiger partial charge in [0.05, 0.1) is 5.69 Å². The highest BCUT2D eigenvalue weighted by Gasteiger charge is 2.06. The minimum atomic E-state index is -0.136. The van der Waals surface area contributed by atoms with Crippen LogP contribution in [0.4, 0.5) is 0 Å². The van der Waals surface area contributed by atoms with Crippen LogP contribution >= 0.6 is 15.9 Å². The molecule has 4 heteroatoms. The fraction of sp³-hybridized carbons (Fsp3) is 0.143. The van der Waals surface area contributed by atoms with E-state index in [1.807, 2.05) is 44.2 Å². The lowest BCUT2D eigenvalue weighted by atomic mass is 10.2. The van der Waals surface area contributed by atoms with Crippen LogP contribution in [0.2, 0.25) is 0 Å². The van der Waals surface area contributed by atoms with E-state index in [1.165, 1.54) is 10.8 Å². The van der Waals surface area contributed by atoms with Crippen molar-refractivity contribution < 1.29 is 4.79 Å². The topological polar surface area (TPSA) is 34.9 Å². The average Bonchev–Trinajstić information content (AvgIpc) is 2.67. The third-order valence-electron chi connectivity index (χ3n) is 2.51. The molecular formula is C14H13BrN2O. The Morgan fingerprint density at radius 3 is 2.50 bits per heavy atom. The smallest absolute Gasteiger partial charge is 0.267 e. The van der Waals surface area contributed by atoms with E-state index >= 15 is 0 Å². The van der Waals surface area contributed by atoms with Crippen LogP contribution in [0.1, 0.15) is 21.7 Å². The zero-order valence-corrected chi connectivity index (χ0v) is 11.8. The summed E-state index contributed by atoms with van der Waals surface area (Å²) >= 11 is 3.37. The summed E-state index contributed by atoms with van der Waals surface area (Å²) in [5.74, 6) is -0.136. The lowest BCUT2D eigenvalue weighted by Crippen LogP contribution is -2.10. The maximum atomic E-state index is 11.9. The third kappa shape index (κ3) is 2.96. The van der Waals surface area contributed by atoms with Crippen LogP contribution in [-0.2, 0) is 0 Å². The largest absolute Gasteiger partial charge is 0.271 e. The molecular weight excluding hydrogens is 292 g/mol. The standard InChI is InChI=1S/C14H13BrN2O/c1-10-9-11(2)17(16-10)14(18)8-5-12-3-6-13(15)7-4-12/h3-9H,1-2H3/b8-5+. The minimum absolute atomic E-state index is 0.136. The molecule has 2 aromatic rings. The first-order valence-electron chi connectivity index (χ1n) is 5.57. The van der Waals surface area contributed by atoms with Crippen LogP contribution in [0, 0.1) is 13.8 Å². The number of aryl methyl sites for hydroxylation is 2. The van der Waals surface area contributed by atoms with Crippen LogP contribution < -0.4 is 0 Å². The Balaban J connectivity index is 2.16. The Bertz CT molecular complexity index is 597. The Labute approximate surface area is 114 Å². The number of carbonyl (C=O) groups excluding carboxylic acids is 1. The molecule has 2 rings (SSSR count). The van der Waals surface area contributed by atoms with E-state index < -0.39 is 0 Å². The number of hydrogen-bond donors (Lipinski definition) is 0. The molecule has 0 aliphatic rings. The first kappa shape index (κ1) is 12.8. The molecule has 0 N–H and O–H groups in total. The molecule has 0 radical (unpaired) electrons. The van der Waals surface area contributed by atoms with Gasteiger partial charge in [-0.15, -0.1) is 0 Å². The second-order valence-corrected chi connectivity index (χ2v) is 4.98. The van der Waals surface area contributed by atoms with E-state index in [-0.39, 0.29) is 5.91 Å². The summed E-state index contributed by atoms with van der Waals surface area (Å²) in [4.78, 5) is 11.9. The molecule has 0 fully saturated rings. The van der Waals surface area contributed by atoms with E-state index in [0.717, 1.165) is 21.4 Å². The Morgan fingerprint density at radius 1 is 1.28 bits per heavy atom. The summed E-state index contributed by atoms with van der Waals surface area (Å²) in [6, 6.07) is 9.64. The van der Waals surface area contributed by atoms with Gasteiger partial charge in [0.25, 0.3) is 5.91 Å². The number of rotatable bonds is 2. The van der Waals surface area contributed by atoms with Gasteiger partial charge < -0.3 is 0 Å². The van der Waals surface area contributed by atoms with Crippen LogP contribution in [0.5, 0.6) is 0 Å². The van der Waals surface area contributed by atoms with E-state index in [9.17, 15) is 4.79 Å². The lowest BCUT2D eigenvalue weighted by Gasteiger charge is -1.98. The molecule has 1 aromatic carbocycles. The quantitative estimate of drug-likeness (QED) is 0.794. The van der Waals surface area contributed by atoms with Gasteiger partial charge >= 0.3 is 0 Å². The Hall–Kier alpha value is -1.68. The van der Waals surface area contributed by atoms with Gasteiger partial charge in [-0.3, -0.25) is 4.79 Å². The van der Waals surface area contributed by atoms with E-state index in [2.05, 4.69) is 21.0 Å². The molecule has 0 aliphatic carbocycles. The highest BCUT2D eigenvalue weighted by Crippen LogP contribution is 2.11. The van der Waals surface area contributed by atoms with Gasteiger partial charge in [0, 0.05) is 16.2 Å². The number of allylic oxidation sites excluding steroid dienone is 1. The molecule has 0 aliphatic heterocycles. The van der Waals surface area contributed by atoms with Gasteiger partial charge in [-0.05, 0) is 43.7 Å². The van der Waals surface area contributed by atoms with Gasteiger partial charge in [0.2, 0.25) is 0 Å². The summed E-state index contributed by atoms with van der Waals surface area (Å²) < 4.78 is 2.43. The molecule has 0 spiro atoms. The van der Waals surface area contributed by atoms with Crippen molar-refractivity contribution in [3.63, 3.8) is 0 Å². The number of benzene rings is 1. The Kier molecular flexibility index (Phi) is 3.77. The van der Waals surface area contributed by atoms with E-state index in [0.29, 0.717) is 0 Å². The highest BCUT2D eigenvalue weighted by atomic mass is 79.9. The minimum Gasteiger partial charge on any atom is -0.267 e. The fourth-order valence-corrected chi connectivity index (χ4v) is 1.93. The van der Waals surface area contributed by atoms with Crippen LogP contribution in [-0.4, -0.2) is 15.7 Å². The van der Waals surface area contributed by atoms with Gasteiger partial charge in [0.1, 0.15) is 0 Å². The summed E-state index contributed by atoms with van der Waals surface area (Å²) in [6.07, 6.45) is 3.31. The molecule has 0 amide bonds. The van der Waals surface area contributed by atoms with Crippen molar-refractivity contribution in [3.05, 3.63) is 57.8 Å². The molecule has 3 nitrogen and oxygen atoms in total. The molecule has 0 atom stereocenters. The summed E-state index contributed by atoms with van der Waals surface area (Å²) in [5, 5.41) is 4.14. The van der Waals surface area contributed by atoms with Crippen molar-refractivity contribution in [2.75, 3.05) is 0 Å². The van der Waals surface area contributed by atoms with Crippen LogP contribution in [0.3, 0.4) is 0 Å². The predicted molar refractivity (Wildman–Crippen MR) is 75.5 cm³/mol. The molecule has 1 heterocycles. The lowest BCUT2D eigenvalue weighted by molar-refractivity contribution is 0.0952. The van der Waals surface area contributed by atoms with Crippen LogP contribution in [0.15, 0.2) is 40.9 Å². The maximum Gasteiger partial charge on any atom is 0.271 e. The first-order valence-corrected chi connectivity index (χ1v) is 6.37. The predicted octanol–water partition coefficient (Wildman–Crippen LogP) is 3.62. The second-order valence-electron chi connectivity index (χ2n) is 4.06. The number of hydrogen-bond acceptors (Lipinski definition) is 2. The van der Waals surface area contributed by atoms with Crippen molar-refractivity contribution in [2.24, 2.45) is 0 Å². The molecule has 1 aromatic heterocycles. The number of halogens is 1. The van der Waals surface area contributed by atoms with Gasteiger partial charge in [0.15, 0.2) is 0 Å². The first-order chi connectivity index (χ1) is 8.56. The molecule has 0 saturated heterocycles. The normalized spacial score (nSPS) is 11.1. The fourth-order valence-electron chi connectivity index (χ4n) is 1.66. The number of carbonyl (C=O) groups is 1. The number of aromatic nitrogens is 2. The maximum absolute atomic E-state index is 11.9. The summed E-state index contributed by atoms with van der Waals surface area (Å²) in [6.45, 7) is 3.74. The van der Waals surface area contributed by atoms with Gasteiger partial charge in [-0.25, -0.2) is 4.68 Å². The second kappa shape index (κ2) is 5.31. The van der Waals surface area contributed by atoms with Crippen molar-refractivity contribution in [3.8, 4) is 0 Å². The number of nitrogens with zero attached hydrogens (tertiary/aromatic N) is 2.